The van der Waals surface area contributed by atoms with Gasteiger partial charge in [-0.15, -0.1) is 0 Å². The van der Waals surface area contributed by atoms with Crippen LogP contribution in [0.3, 0.4) is 0 Å². The molecule has 2 N–H and O–H groups in total. The van der Waals surface area contributed by atoms with E-state index in [0.717, 1.165) is 5.56 Å². The van der Waals surface area contributed by atoms with Crippen LogP contribution in [-0.2, 0) is 4.79 Å². The normalized spacial score (nSPS) is 9.40. The highest BCUT2D eigenvalue weighted by Crippen LogP contribution is 2.07. The second-order valence-corrected chi connectivity index (χ2v) is 4.54. The number of amides is 2. The summed E-state index contributed by atoms with van der Waals surface area (Å²) < 4.78 is 0. The number of likely N-dealkylation sites (N-methyl/N-ethyl adjacent to an activating group) is 2. The van der Waals surface area contributed by atoms with Gasteiger partial charge in [-0.05, 0) is 18.2 Å². The molecule has 0 saturated heterocycles. The molecule has 0 fully saturated rings. The van der Waals surface area contributed by atoms with Gasteiger partial charge in [-0.1, -0.05) is 17.9 Å². The number of benzene rings is 1. The molecule has 0 aromatic heterocycles. The third-order valence-electron chi connectivity index (χ3n) is 2.66. The zero-order valence-electron chi connectivity index (χ0n) is 12.0. The fourth-order valence-electron chi connectivity index (χ4n) is 1.52. The molecule has 20 heavy (non-hydrogen) atoms. The molecular formula is C15H19N3O2. The predicted octanol–water partition coefficient (Wildman–Crippen LogP) is 0.157. The van der Waals surface area contributed by atoms with Crippen molar-refractivity contribution >= 4 is 11.8 Å². The summed E-state index contributed by atoms with van der Waals surface area (Å²) in [5.41, 5.74) is 6.55. The van der Waals surface area contributed by atoms with E-state index in [9.17, 15) is 9.59 Å². The van der Waals surface area contributed by atoms with E-state index in [1.54, 1.807) is 39.3 Å². The van der Waals surface area contributed by atoms with E-state index in [0.29, 0.717) is 5.56 Å². The van der Waals surface area contributed by atoms with Crippen LogP contribution in [0.1, 0.15) is 15.9 Å². The lowest BCUT2D eigenvalue weighted by atomic mass is 10.1. The first kappa shape index (κ1) is 15.7. The summed E-state index contributed by atoms with van der Waals surface area (Å²) >= 11 is 0. The average molecular weight is 273 g/mol. The Labute approximate surface area is 119 Å². The van der Waals surface area contributed by atoms with E-state index < -0.39 is 0 Å². The van der Waals surface area contributed by atoms with Crippen molar-refractivity contribution in [1.29, 1.82) is 0 Å². The number of nitrogens with two attached hydrogens (primary N) is 1. The van der Waals surface area contributed by atoms with Crippen LogP contribution in [0.2, 0.25) is 0 Å². The van der Waals surface area contributed by atoms with Gasteiger partial charge in [0.1, 0.15) is 0 Å². The van der Waals surface area contributed by atoms with Gasteiger partial charge in [0.25, 0.3) is 5.91 Å². The molecule has 1 rings (SSSR count). The summed E-state index contributed by atoms with van der Waals surface area (Å²) in [6, 6.07) is 6.97. The average Bonchev–Trinajstić information content (AvgIpc) is 2.44. The van der Waals surface area contributed by atoms with Gasteiger partial charge >= 0.3 is 0 Å². The first-order valence-corrected chi connectivity index (χ1v) is 6.20. The minimum atomic E-state index is -0.211. The number of nitrogens with zero attached hydrogens (tertiary/aromatic N) is 2. The van der Waals surface area contributed by atoms with Crippen molar-refractivity contribution in [3.05, 3.63) is 35.4 Å². The van der Waals surface area contributed by atoms with Crippen LogP contribution in [-0.4, -0.2) is 55.8 Å². The van der Waals surface area contributed by atoms with Crippen molar-refractivity contribution in [2.24, 2.45) is 5.73 Å². The highest BCUT2D eigenvalue weighted by molar-refractivity contribution is 5.96. The van der Waals surface area contributed by atoms with Gasteiger partial charge in [0.2, 0.25) is 5.91 Å². The highest BCUT2D eigenvalue weighted by atomic mass is 16.2. The van der Waals surface area contributed by atoms with Crippen LogP contribution in [0.4, 0.5) is 0 Å². The second kappa shape index (κ2) is 7.31. The largest absolute Gasteiger partial charge is 0.347 e. The van der Waals surface area contributed by atoms with E-state index in [4.69, 9.17) is 5.73 Å². The zero-order chi connectivity index (χ0) is 15.1. The van der Waals surface area contributed by atoms with Gasteiger partial charge in [-0.25, -0.2) is 0 Å². The standard InChI is InChI=1S/C15H19N3O2/c1-17(2)14(19)11-18(3)15(20)13-8-4-6-12(10-13)7-5-9-16/h4,6,8,10H,9,11,16H2,1-3H3. The Bertz CT molecular complexity index is 556. The maximum atomic E-state index is 12.2. The minimum Gasteiger partial charge on any atom is -0.347 e. The molecule has 0 aliphatic heterocycles. The first-order chi connectivity index (χ1) is 9.45. The van der Waals surface area contributed by atoms with Crippen LogP contribution in [0, 0.1) is 11.8 Å². The molecule has 5 nitrogen and oxygen atoms in total. The lowest BCUT2D eigenvalue weighted by molar-refractivity contribution is -0.129. The molecule has 1 aromatic carbocycles. The summed E-state index contributed by atoms with van der Waals surface area (Å²) in [5, 5.41) is 0. The van der Waals surface area contributed by atoms with Crippen molar-refractivity contribution in [2.75, 3.05) is 34.2 Å². The number of hydrogen-bond acceptors (Lipinski definition) is 3. The molecule has 5 heteroatoms. The Kier molecular flexibility index (Phi) is 5.75. The van der Waals surface area contributed by atoms with Crippen molar-refractivity contribution < 1.29 is 9.59 Å². The second-order valence-electron chi connectivity index (χ2n) is 4.54. The quantitative estimate of drug-likeness (QED) is 0.798. The van der Waals surface area contributed by atoms with Gasteiger partial charge in [0, 0.05) is 32.3 Å². The summed E-state index contributed by atoms with van der Waals surface area (Å²) in [5.74, 6) is 5.28. The van der Waals surface area contributed by atoms with E-state index >= 15 is 0 Å². The third kappa shape index (κ3) is 4.41. The molecule has 1 aromatic rings. The number of rotatable bonds is 3. The van der Waals surface area contributed by atoms with Gasteiger partial charge in [-0.2, -0.15) is 0 Å². The molecule has 0 saturated carbocycles. The third-order valence-corrected chi connectivity index (χ3v) is 2.66. The van der Waals surface area contributed by atoms with Gasteiger partial charge in [0.05, 0.1) is 13.1 Å². The van der Waals surface area contributed by atoms with Gasteiger partial charge in [-0.3, -0.25) is 9.59 Å². The number of hydrogen-bond donors (Lipinski definition) is 1. The molecule has 2 amide bonds. The van der Waals surface area contributed by atoms with Crippen LogP contribution >= 0.6 is 0 Å². The maximum Gasteiger partial charge on any atom is 0.254 e. The summed E-state index contributed by atoms with van der Waals surface area (Å²) in [4.78, 5) is 26.6. The Hall–Kier alpha value is -2.32. The molecule has 0 unspecified atom stereocenters. The van der Waals surface area contributed by atoms with Gasteiger partial charge < -0.3 is 15.5 Å². The lowest BCUT2D eigenvalue weighted by Crippen LogP contribution is -2.37. The maximum absolute atomic E-state index is 12.2. The van der Waals surface area contributed by atoms with E-state index in [1.165, 1.54) is 9.80 Å². The minimum absolute atomic E-state index is 0.0462. The molecule has 0 spiro atoms. The molecule has 0 atom stereocenters. The number of carbonyl (C=O) groups is 2. The zero-order valence-corrected chi connectivity index (χ0v) is 12.0. The summed E-state index contributed by atoms with van der Waals surface area (Å²) in [6.07, 6.45) is 0. The Morgan fingerprint density at radius 2 is 1.95 bits per heavy atom. The summed E-state index contributed by atoms with van der Waals surface area (Å²) in [6.45, 7) is 0.319. The van der Waals surface area contributed by atoms with Crippen molar-refractivity contribution in [3.63, 3.8) is 0 Å². The molecule has 0 bridgehead atoms. The Balaban J connectivity index is 2.84. The Morgan fingerprint density at radius 1 is 1.25 bits per heavy atom. The molecule has 0 aliphatic rings. The molecule has 0 heterocycles. The topological polar surface area (TPSA) is 66.6 Å². The predicted molar refractivity (Wildman–Crippen MR) is 78.0 cm³/mol. The van der Waals surface area contributed by atoms with E-state index in [2.05, 4.69) is 11.8 Å². The van der Waals surface area contributed by atoms with E-state index in [-0.39, 0.29) is 24.9 Å². The van der Waals surface area contributed by atoms with Crippen LogP contribution < -0.4 is 5.73 Å². The highest BCUT2D eigenvalue weighted by Gasteiger charge is 2.15. The SMILES string of the molecule is CN(C)C(=O)CN(C)C(=O)c1cccc(C#CCN)c1. The molecule has 0 radical (unpaired) electrons. The fraction of sp³-hybridized carbons (Fsp3) is 0.333. The molecule has 0 aliphatic carbocycles. The smallest absolute Gasteiger partial charge is 0.254 e. The van der Waals surface area contributed by atoms with Crippen molar-refractivity contribution in [3.8, 4) is 11.8 Å². The van der Waals surface area contributed by atoms with Crippen LogP contribution in [0.15, 0.2) is 24.3 Å². The number of carbonyl (C=O) groups excluding carboxylic acids is 2. The molecule has 106 valence electrons. The summed E-state index contributed by atoms with van der Waals surface area (Å²) in [7, 11) is 4.91. The molecular weight excluding hydrogens is 254 g/mol. The van der Waals surface area contributed by atoms with E-state index in [1.807, 2.05) is 6.07 Å². The monoisotopic (exact) mass is 273 g/mol. The van der Waals surface area contributed by atoms with Gasteiger partial charge in [0.15, 0.2) is 0 Å². The van der Waals surface area contributed by atoms with Crippen LogP contribution in [0.25, 0.3) is 0 Å². The lowest BCUT2D eigenvalue weighted by Gasteiger charge is -2.19. The van der Waals surface area contributed by atoms with Crippen LogP contribution in [0.5, 0.6) is 0 Å². The first-order valence-electron chi connectivity index (χ1n) is 6.20. The van der Waals surface area contributed by atoms with Crippen molar-refractivity contribution in [2.45, 2.75) is 0 Å². The fourth-order valence-corrected chi connectivity index (χ4v) is 1.52. The van der Waals surface area contributed by atoms with Crippen molar-refractivity contribution in [1.82, 2.24) is 9.80 Å². The Morgan fingerprint density at radius 3 is 2.55 bits per heavy atom.